The summed E-state index contributed by atoms with van der Waals surface area (Å²) in [5, 5.41) is 3.61. The lowest BCUT2D eigenvalue weighted by Gasteiger charge is -2.31. The molecule has 2 heterocycles. The predicted molar refractivity (Wildman–Crippen MR) is 83.7 cm³/mol. The molecule has 1 atom stereocenters. The lowest BCUT2D eigenvalue weighted by Crippen LogP contribution is -2.38. The minimum absolute atomic E-state index is 0.220. The number of hydrogen-bond acceptors (Lipinski definition) is 3. The van der Waals surface area contributed by atoms with Gasteiger partial charge in [0, 0.05) is 6.54 Å². The Morgan fingerprint density at radius 2 is 2.15 bits per heavy atom. The van der Waals surface area contributed by atoms with Gasteiger partial charge < -0.3 is 10.2 Å². The van der Waals surface area contributed by atoms with Gasteiger partial charge in [-0.15, -0.1) is 11.8 Å². The SMILES string of the molecule is Cc1cccc(C2SCC(=O)N2CC2CCNCC2)c1. The molecule has 1 amide bonds. The molecule has 0 saturated carbocycles. The number of piperidine rings is 1. The van der Waals surface area contributed by atoms with Crippen LogP contribution >= 0.6 is 11.8 Å². The Bertz CT molecular complexity index is 485. The number of thioether (sulfide) groups is 1. The van der Waals surface area contributed by atoms with E-state index in [0.29, 0.717) is 17.6 Å². The number of nitrogens with one attached hydrogen (secondary N) is 1. The van der Waals surface area contributed by atoms with Crippen molar-refractivity contribution in [2.75, 3.05) is 25.4 Å². The van der Waals surface area contributed by atoms with Gasteiger partial charge in [0.2, 0.25) is 5.91 Å². The summed E-state index contributed by atoms with van der Waals surface area (Å²) in [5.74, 6) is 1.59. The Morgan fingerprint density at radius 3 is 2.90 bits per heavy atom. The lowest BCUT2D eigenvalue weighted by molar-refractivity contribution is -0.128. The summed E-state index contributed by atoms with van der Waals surface area (Å²) < 4.78 is 0. The van der Waals surface area contributed by atoms with Crippen molar-refractivity contribution in [3.63, 3.8) is 0 Å². The van der Waals surface area contributed by atoms with Gasteiger partial charge >= 0.3 is 0 Å². The summed E-state index contributed by atoms with van der Waals surface area (Å²) in [6.45, 7) is 5.22. The van der Waals surface area contributed by atoms with Crippen LogP contribution in [-0.2, 0) is 4.79 Å². The van der Waals surface area contributed by atoms with E-state index in [0.717, 1.165) is 19.6 Å². The second-order valence-electron chi connectivity index (χ2n) is 5.82. The summed E-state index contributed by atoms with van der Waals surface area (Å²) in [5.41, 5.74) is 2.54. The van der Waals surface area contributed by atoms with Gasteiger partial charge in [0.25, 0.3) is 0 Å². The number of hydrogen-bond donors (Lipinski definition) is 1. The molecule has 0 radical (unpaired) electrons. The van der Waals surface area contributed by atoms with E-state index in [2.05, 4.69) is 41.4 Å². The van der Waals surface area contributed by atoms with Gasteiger partial charge in [-0.25, -0.2) is 0 Å². The number of rotatable bonds is 3. The molecule has 2 aliphatic rings. The summed E-state index contributed by atoms with van der Waals surface area (Å²) >= 11 is 1.77. The molecule has 2 saturated heterocycles. The van der Waals surface area contributed by atoms with Crippen molar-refractivity contribution in [2.45, 2.75) is 25.1 Å². The molecule has 3 rings (SSSR count). The first kappa shape index (κ1) is 14.0. The van der Waals surface area contributed by atoms with Crippen LogP contribution < -0.4 is 5.32 Å². The Morgan fingerprint density at radius 1 is 1.35 bits per heavy atom. The molecule has 0 spiro atoms. The maximum atomic E-state index is 12.2. The molecule has 1 N–H and O–H groups in total. The molecule has 0 aliphatic carbocycles. The Kier molecular flexibility index (Phi) is 4.32. The topological polar surface area (TPSA) is 32.3 Å². The van der Waals surface area contributed by atoms with Gasteiger partial charge in [-0.2, -0.15) is 0 Å². The third kappa shape index (κ3) is 3.01. The van der Waals surface area contributed by atoms with Crippen LogP contribution in [0.3, 0.4) is 0 Å². The van der Waals surface area contributed by atoms with Crippen LogP contribution in [0.5, 0.6) is 0 Å². The van der Waals surface area contributed by atoms with Crippen LogP contribution in [0.2, 0.25) is 0 Å². The second kappa shape index (κ2) is 6.19. The van der Waals surface area contributed by atoms with Gasteiger partial charge in [0.15, 0.2) is 0 Å². The first-order valence-corrected chi connectivity index (χ1v) is 8.47. The highest BCUT2D eigenvalue weighted by Gasteiger charge is 2.34. The summed E-state index contributed by atoms with van der Waals surface area (Å²) in [7, 11) is 0. The molecule has 108 valence electrons. The van der Waals surface area contributed by atoms with Gasteiger partial charge in [-0.3, -0.25) is 4.79 Å². The van der Waals surface area contributed by atoms with Gasteiger partial charge in [-0.1, -0.05) is 29.8 Å². The van der Waals surface area contributed by atoms with E-state index in [1.165, 1.54) is 24.0 Å². The van der Waals surface area contributed by atoms with Crippen molar-refractivity contribution in [1.29, 1.82) is 0 Å². The molecule has 20 heavy (non-hydrogen) atoms. The first-order valence-electron chi connectivity index (χ1n) is 7.42. The first-order chi connectivity index (χ1) is 9.74. The van der Waals surface area contributed by atoms with Crippen molar-refractivity contribution >= 4 is 17.7 Å². The molecule has 0 bridgehead atoms. The van der Waals surface area contributed by atoms with Crippen molar-refractivity contribution in [1.82, 2.24) is 10.2 Å². The standard InChI is InChI=1S/C16H22N2OS/c1-12-3-2-4-14(9-12)16-18(15(19)11-20-16)10-13-5-7-17-8-6-13/h2-4,9,13,16-17H,5-8,10-11H2,1H3. The van der Waals surface area contributed by atoms with E-state index in [1.54, 1.807) is 11.8 Å². The predicted octanol–water partition coefficient (Wildman–Crippen LogP) is 2.57. The van der Waals surface area contributed by atoms with Crippen molar-refractivity contribution < 1.29 is 4.79 Å². The van der Waals surface area contributed by atoms with Crippen molar-refractivity contribution in [3.8, 4) is 0 Å². The van der Waals surface area contributed by atoms with Gasteiger partial charge in [0.1, 0.15) is 5.37 Å². The molecule has 1 unspecified atom stereocenters. The highest BCUT2D eigenvalue weighted by atomic mass is 32.2. The lowest BCUT2D eigenvalue weighted by atomic mass is 9.97. The fourth-order valence-electron chi connectivity index (χ4n) is 3.09. The Hall–Kier alpha value is -1.00. The number of carbonyl (C=O) groups is 1. The number of amides is 1. The minimum Gasteiger partial charge on any atom is -0.326 e. The molecule has 1 aromatic rings. The van der Waals surface area contributed by atoms with Crippen LogP contribution in [0, 0.1) is 12.8 Å². The largest absolute Gasteiger partial charge is 0.326 e. The van der Waals surface area contributed by atoms with Crippen LogP contribution in [0.25, 0.3) is 0 Å². The zero-order valence-electron chi connectivity index (χ0n) is 12.0. The quantitative estimate of drug-likeness (QED) is 0.928. The fraction of sp³-hybridized carbons (Fsp3) is 0.562. The van der Waals surface area contributed by atoms with Crippen LogP contribution in [0.1, 0.15) is 29.3 Å². The molecule has 0 aromatic heterocycles. The number of carbonyl (C=O) groups excluding carboxylic acids is 1. The van der Waals surface area contributed by atoms with E-state index >= 15 is 0 Å². The van der Waals surface area contributed by atoms with E-state index in [1.807, 2.05) is 0 Å². The third-order valence-electron chi connectivity index (χ3n) is 4.21. The molecular weight excluding hydrogens is 268 g/mol. The Balaban J connectivity index is 1.74. The molecule has 2 fully saturated rings. The maximum Gasteiger partial charge on any atom is 0.233 e. The summed E-state index contributed by atoms with van der Waals surface area (Å²) in [4.78, 5) is 14.3. The van der Waals surface area contributed by atoms with E-state index in [4.69, 9.17) is 0 Å². The molecule has 2 aliphatic heterocycles. The zero-order chi connectivity index (χ0) is 13.9. The van der Waals surface area contributed by atoms with Crippen LogP contribution in [0.15, 0.2) is 24.3 Å². The van der Waals surface area contributed by atoms with Crippen molar-refractivity contribution in [2.24, 2.45) is 5.92 Å². The van der Waals surface area contributed by atoms with E-state index in [-0.39, 0.29) is 5.37 Å². The van der Waals surface area contributed by atoms with E-state index in [9.17, 15) is 4.79 Å². The molecule has 4 heteroatoms. The van der Waals surface area contributed by atoms with E-state index < -0.39 is 0 Å². The zero-order valence-corrected chi connectivity index (χ0v) is 12.8. The Labute approximate surface area is 125 Å². The minimum atomic E-state index is 0.220. The second-order valence-corrected chi connectivity index (χ2v) is 6.89. The monoisotopic (exact) mass is 290 g/mol. The summed E-state index contributed by atoms with van der Waals surface area (Å²) in [6.07, 6.45) is 2.38. The normalized spacial score (nSPS) is 24.4. The smallest absolute Gasteiger partial charge is 0.233 e. The molecule has 1 aromatic carbocycles. The average molecular weight is 290 g/mol. The summed E-state index contributed by atoms with van der Waals surface area (Å²) in [6, 6.07) is 8.57. The van der Waals surface area contributed by atoms with Crippen LogP contribution in [-0.4, -0.2) is 36.2 Å². The third-order valence-corrected chi connectivity index (χ3v) is 5.47. The fourth-order valence-corrected chi connectivity index (χ4v) is 4.28. The average Bonchev–Trinajstić information content (AvgIpc) is 2.82. The molecular formula is C16H22N2OS. The maximum absolute atomic E-state index is 12.2. The number of benzene rings is 1. The van der Waals surface area contributed by atoms with Gasteiger partial charge in [0.05, 0.1) is 5.75 Å². The number of aryl methyl sites for hydroxylation is 1. The molecule has 3 nitrogen and oxygen atoms in total. The highest BCUT2D eigenvalue weighted by Crippen LogP contribution is 2.39. The van der Waals surface area contributed by atoms with Gasteiger partial charge in [-0.05, 0) is 44.3 Å². The van der Waals surface area contributed by atoms with Crippen molar-refractivity contribution in [3.05, 3.63) is 35.4 Å². The number of nitrogens with zero attached hydrogens (tertiary/aromatic N) is 1. The van der Waals surface area contributed by atoms with Crippen LogP contribution in [0.4, 0.5) is 0 Å². The highest BCUT2D eigenvalue weighted by molar-refractivity contribution is 8.00.